The Kier molecular flexibility index (Phi) is 6.26. The van der Waals surface area contributed by atoms with Crippen LogP contribution >= 0.6 is 0 Å². The molecule has 0 atom stereocenters. The van der Waals surface area contributed by atoms with Crippen LogP contribution in [0.25, 0.3) is 0 Å². The van der Waals surface area contributed by atoms with Gasteiger partial charge in [0.15, 0.2) is 0 Å². The highest BCUT2D eigenvalue weighted by molar-refractivity contribution is 5.91. The minimum atomic E-state index is 0.814. The van der Waals surface area contributed by atoms with Gasteiger partial charge in [0, 0.05) is 17.5 Å². The van der Waals surface area contributed by atoms with Crippen LogP contribution in [0.2, 0.25) is 0 Å². The maximum absolute atomic E-state index is 5.45. The summed E-state index contributed by atoms with van der Waals surface area (Å²) < 4.78 is 5.45. The van der Waals surface area contributed by atoms with E-state index >= 15 is 0 Å². The molecule has 3 aromatic carbocycles. The van der Waals surface area contributed by atoms with Crippen LogP contribution < -0.4 is 10.1 Å². The summed E-state index contributed by atoms with van der Waals surface area (Å²) in [6, 6.07) is 22.5. The highest BCUT2D eigenvalue weighted by atomic mass is 16.5. The molecule has 3 heteroatoms. The lowest BCUT2D eigenvalue weighted by Gasteiger charge is -2.13. The van der Waals surface area contributed by atoms with Gasteiger partial charge >= 0.3 is 0 Å². The number of rotatable bonds is 7. The summed E-state index contributed by atoms with van der Waals surface area (Å²) in [7, 11) is 1.68. The van der Waals surface area contributed by atoms with Crippen molar-refractivity contribution >= 4 is 23.3 Å². The highest BCUT2D eigenvalue weighted by Crippen LogP contribution is 2.29. The first-order chi connectivity index (χ1) is 13.3. The fourth-order valence-electron chi connectivity index (χ4n) is 3.13. The molecule has 0 bridgehead atoms. The smallest absolute Gasteiger partial charge is 0.142 e. The quantitative estimate of drug-likeness (QED) is 0.502. The minimum Gasteiger partial charge on any atom is -0.495 e. The van der Waals surface area contributed by atoms with Gasteiger partial charge in [-0.25, -0.2) is 0 Å². The normalized spacial score (nSPS) is 10.9. The summed E-state index contributed by atoms with van der Waals surface area (Å²) in [5.41, 5.74) is 6.62. The molecule has 0 saturated carbocycles. The Morgan fingerprint density at radius 3 is 2.11 bits per heavy atom. The zero-order chi connectivity index (χ0) is 19.1. The predicted molar refractivity (Wildman–Crippen MR) is 115 cm³/mol. The third-order valence-corrected chi connectivity index (χ3v) is 4.63. The molecule has 138 valence electrons. The van der Waals surface area contributed by atoms with E-state index < -0.39 is 0 Å². The predicted octanol–water partition coefficient (Wildman–Crippen LogP) is 6.31. The number of nitrogens with one attached hydrogen (secondary N) is 1. The number of hydrogen-bond acceptors (Lipinski definition) is 3. The lowest BCUT2D eigenvalue weighted by molar-refractivity contribution is 0.417. The van der Waals surface area contributed by atoms with Crippen LogP contribution in [-0.2, 0) is 12.8 Å². The summed E-state index contributed by atoms with van der Waals surface area (Å²) in [5, 5.41) is 3.47. The molecule has 3 rings (SSSR count). The number of hydrogen-bond donors (Lipinski definition) is 1. The van der Waals surface area contributed by atoms with E-state index in [1.54, 1.807) is 7.11 Å². The summed E-state index contributed by atoms with van der Waals surface area (Å²) >= 11 is 0. The van der Waals surface area contributed by atoms with Crippen LogP contribution in [0.4, 0.5) is 17.1 Å². The van der Waals surface area contributed by atoms with Crippen molar-refractivity contribution in [1.29, 1.82) is 0 Å². The second kappa shape index (κ2) is 9.04. The van der Waals surface area contributed by atoms with E-state index in [2.05, 4.69) is 49.5 Å². The molecular weight excluding hydrogens is 332 g/mol. The van der Waals surface area contributed by atoms with Crippen LogP contribution in [-0.4, -0.2) is 13.3 Å². The number of nitrogens with zero attached hydrogens (tertiary/aromatic N) is 1. The Labute approximate surface area is 161 Å². The van der Waals surface area contributed by atoms with Crippen molar-refractivity contribution in [2.45, 2.75) is 26.7 Å². The van der Waals surface area contributed by atoms with Crippen LogP contribution in [0, 0.1) is 0 Å². The molecule has 0 aliphatic rings. The summed E-state index contributed by atoms with van der Waals surface area (Å²) in [6.07, 6.45) is 3.90. The van der Waals surface area contributed by atoms with Gasteiger partial charge in [-0.3, -0.25) is 4.99 Å². The lowest BCUT2D eigenvalue weighted by Crippen LogP contribution is -1.98. The number of anilines is 2. The molecule has 0 amide bonds. The van der Waals surface area contributed by atoms with Gasteiger partial charge in [-0.2, -0.15) is 0 Å². The minimum absolute atomic E-state index is 0.814. The first kappa shape index (κ1) is 18.7. The zero-order valence-corrected chi connectivity index (χ0v) is 16.2. The van der Waals surface area contributed by atoms with E-state index in [4.69, 9.17) is 9.73 Å². The van der Waals surface area contributed by atoms with Crippen molar-refractivity contribution in [3.8, 4) is 5.75 Å². The van der Waals surface area contributed by atoms with Crippen LogP contribution in [0.5, 0.6) is 5.75 Å². The van der Waals surface area contributed by atoms with Crippen molar-refractivity contribution in [2.24, 2.45) is 4.99 Å². The Morgan fingerprint density at radius 2 is 1.44 bits per heavy atom. The lowest BCUT2D eigenvalue weighted by atomic mass is 10.0. The molecule has 0 radical (unpaired) electrons. The summed E-state index contributed by atoms with van der Waals surface area (Å²) in [5.74, 6) is 0.814. The monoisotopic (exact) mass is 358 g/mol. The first-order valence-electron chi connectivity index (χ1n) is 9.40. The SMILES string of the molecule is CCc1cccc(CC)c1N=Cc1ccccc1Nc1ccccc1OC. The molecule has 0 aliphatic heterocycles. The van der Waals surface area contributed by atoms with Gasteiger partial charge in [-0.15, -0.1) is 0 Å². The molecule has 0 saturated heterocycles. The van der Waals surface area contributed by atoms with Gasteiger partial charge in [0.2, 0.25) is 0 Å². The van der Waals surface area contributed by atoms with E-state index in [0.717, 1.165) is 41.2 Å². The van der Waals surface area contributed by atoms with Gasteiger partial charge in [0.05, 0.1) is 18.5 Å². The number of methoxy groups -OCH3 is 1. The number of aliphatic imine (C=N–C) groups is 1. The first-order valence-corrected chi connectivity index (χ1v) is 9.40. The average molecular weight is 358 g/mol. The molecular formula is C24H26N2O. The van der Waals surface area contributed by atoms with E-state index in [-0.39, 0.29) is 0 Å². The van der Waals surface area contributed by atoms with E-state index in [9.17, 15) is 0 Å². The molecule has 0 fully saturated rings. The molecule has 1 N–H and O–H groups in total. The number of aryl methyl sites for hydroxylation is 2. The van der Waals surface area contributed by atoms with Crippen molar-refractivity contribution in [3.05, 3.63) is 83.4 Å². The molecule has 0 aliphatic carbocycles. The Morgan fingerprint density at radius 1 is 0.815 bits per heavy atom. The van der Waals surface area contributed by atoms with Gasteiger partial charge in [-0.05, 0) is 42.2 Å². The van der Waals surface area contributed by atoms with Crippen molar-refractivity contribution in [2.75, 3.05) is 12.4 Å². The van der Waals surface area contributed by atoms with Gasteiger partial charge in [0.1, 0.15) is 5.75 Å². The third kappa shape index (κ3) is 4.37. The maximum Gasteiger partial charge on any atom is 0.142 e. The van der Waals surface area contributed by atoms with Gasteiger partial charge < -0.3 is 10.1 Å². The number of para-hydroxylation sites is 4. The molecule has 27 heavy (non-hydrogen) atoms. The fraction of sp³-hybridized carbons (Fsp3) is 0.208. The van der Waals surface area contributed by atoms with E-state index in [1.807, 2.05) is 42.6 Å². The molecule has 0 heterocycles. The Bertz CT molecular complexity index is 909. The summed E-state index contributed by atoms with van der Waals surface area (Å²) in [4.78, 5) is 4.87. The highest BCUT2D eigenvalue weighted by Gasteiger charge is 2.07. The van der Waals surface area contributed by atoms with Gasteiger partial charge in [0.25, 0.3) is 0 Å². The van der Waals surface area contributed by atoms with E-state index in [1.165, 1.54) is 11.1 Å². The van der Waals surface area contributed by atoms with Crippen LogP contribution in [0.3, 0.4) is 0 Å². The molecule has 3 aromatic rings. The standard InChI is InChI=1S/C24H26N2O/c1-4-18-12-10-13-19(5-2)24(18)25-17-20-11-6-7-14-21(20)26-22-15-8-9-16-23(22)27-3/h6-17,26H,4-5H2,1-3H3. The topological polar surface area (TPSA) is 33.6 Å². The maximum atomic E-state index is 5.45. The van der Waals surface area contributed by atoms with Crippen molar-refractivity contribution in [1.82, 2.24) is 0 Å². The second-order valence-corrected chi connectivity index (χ2v) is 6.30. The van der Waals surface area contributed by atoms with Gasteiger partial charge in [-0.1, -0.05) is 62.4 Å². The zero-order valence-electron chi connectivity index (χ0n) is 16.2. The van der Waals surface area contributed by atoms with Crippen molar-refractivity contribution in [3.63, 3.8) is 0 Å². The Hall–Kier alpha value is -3.07. The average Bonchev–Trinajstić information content (AvgIpc) is 2.73. The number of ether oxygens (including phenoxy) is 1. The fourth-order valence-corrected chi connectivity index (χ4v) is 3.13. The Balaban J connectivity index is 1.95. The molecule has 3 nitrogen and oxygen atoms in total. The molecule has 0 unspecified atom stereocenters. The molecule has 0 aromatic heterocycles. The largest absolute Gasteiger partial charge is 0.495 e. The van der Waals surface area contributed by atoms with Crippen LogP contribution in [0.1, 0.15) is 30.5 Å². The van der Waals surface area contributed by atoms with Crippen molar-refractivity contribution < 1.29 is 4.74 Å². The van der Waals surface area contributed by atoms with Crippen LogP contribution in [0.15, 0.2) is 71.7 Å². The molecule has 0 spiro atoms. The summed E-state index contributed by atoms with van der Waals surface area (Å²) in [6.45, 7) is 4.34. The number of benzene rings is 3. The second-order valence-electron chi connectivity index (χ2n) is 6.30. The van der Waals surface area contributed by atoms with E-state index in [0.29, 0.717) is 0 Å². The third-order valence-electron chi connectivity index (χ3n) is 4.63.